The highest BCUT2D eigenvalue weighted by Crippen LogP contribution is 2.38. The number of halogens is 3. The smallest absolute Gasteiger partial charge is 0.438 e. The van der Waals surface area contributed by atoms with Crippen molar-refractivity contribution in [3.63, 3.8) is 0 Å². The summed E-state index contributed by atoms with van der Waals surface area (Å²) in [4.78, 5) is 11.5. The third kappa shape index (κ3) is 4.26. The number of alkyl halides is 3. The third-order valence-electron chi connectivity index (χ3n) is 3.85. The Hall–Kier alpha value is -2.74. The van der Waals surface area contributed by atoms with Crippen molar-refractivity contribution < 1.29 is 32.6 Å². The standard InChI is InChI=1S/C18H18F3NO4/c1-11-8-14(18(19,20)21)16(9-12(11)2)26-10-13-6-4-5-7-15(13)22(24)17(23)25-3/h4-9,24H,10H2,1-3H3. The molecule has 2 aromatic carbocycles. The van der Waals surface area contributed by atoms with Crippen molar-refractivity contribution in [2.75, 3.05) is 12.2 Å². The zero-order valence-electron chi connectivity index (χ0n) is 14.4. The summed E-state index contributed by atoms with van der Waals surface area (Å²) in [6.07, 6.45) is -5.60. The number of carbonyl (C=O) groups is 1. The number of nitrogens with zero attached hydrogens (tertiary/aromatic N) is 1. The monoisotopic (exact) mass is 369 g/mol. The van der Waals surface area contributed by atoms with Crippen molar-refractivity contribution in [3.05, 3.63) is 58.7 Å². The molecule has 0 saturated carbocycles. The highest BCUT2D eigenvalue weighted by atomic mass is 19.4. The van der Waals surface area contributed by atoms with E-state index in [-0.39, 0.29) is 23.1 Å². The molecule has 0 unspecified atom stereocenters. The van der Waals surface area contributed by atoms with E-state index in [2.05, 4.69) is 4.74 Å². The second kappa shape index (κ2) is 7.65. The Morgan fingerprint density at radius 2 is 1.77 bits per heavy atom. The van der Waals surface area contributed by atoms with Crippen molar-refractivity contribution in [1.29, 1.82) is 0 Å². The summed E-state index contributed by atoms with van der Waals surface area (Å²) < 4.78 is 49.6. The van der Waals surface area contributed by atoms with E-state index in [1.165, 1.54) is 18.2 Å². The van der Waals surface area contributed by atoms with E-state index in [1.807, 2.05) is 0 Å². The van der Waals surface area contributed by atoms with Crippen LogP contribution in [0, 0.1) is 13.8 Å². The molecule has 0 fully saturated rings. The van der Waals surface area contributed by atoms with Crippen molar-refractivity contribution in [1.82, 2.24) is 0 Å². The van der Waals surface area contributed by atoms with Gasteiger partial charge in [-0.05, 0) is 43.2 Å². The van der Waals surface area contributed by atoms with Gasteiger partial charge in [0.15, 0.2) is 0 Å². The zero-order chi connectivity index (χ0) is 19.5. The van der Waals surface area contributed by atoms with Crippen LogP contribution in [-0.2, 0) is 17.5 Å². The first-order chi connectivity index (χ1) is 12.1. The summed E-state index contributed by atoms with van der Waals surface area (Å²) in [5, 5.41) is 10.1. The van der Waals surface area contributed by atoms with Gasteiger partial charge in [-0.15, -0.1) is 0 Å². The predicted octanol–water partition coefficient (Wildman–Crippen LogP) is 4.86. The Kier molecular flexibility index (Phi) is 5.76. The molecule has 140 valence electrons. The van der Waals surface area contributed by atoms with Crippen LogP contribution in [0.5, 0.6) is 5.75 Å². The number of amides is 1. The number of aryl methyl sites for hydroxylation is 2. The molecule has 0 atom stereocenters. The number of hydroxylamine groups is 1. The molecule has 0 heterocycles. The molecule has 0 spiro atoms. The van der Waals surface area contributed by atoms with Gasteiger partial charge in [-0.3, -0.25) is 5.21 Å². The van der Waals surface area contributed by atoms with E-state index in [0.29, 0.717) is 16.7 Å². The van der Waals surface area contributed by atoms with E-state index >= 15 is 0 Å². The van der Waals surface area contributed by atoms with Crippen molar-refractivity contribution in [2.24, 2.45) is 0 Å². The molecule has 8 heteroatoms. The fourth-order valence-corrected chi connectivity index (χ4v) is 2.31. The molecular formula is C18H18F3NO4. The number of anilines is 1. The minimum absolute atomic E-state index is 0.0525. The maximum atomic E-state index is 13.3. The van der Waals surface area contributed by atoms with Gasteiger partial charge in [0.25, 0.3) is 0 Å². The van der Waals surface area contributed by atoms with Gasteiger partial charge in [-0.1, -0.05) is 18.2 Å². The molecule has 0 aromatic heterocycles. The number of carbonyl (C=O) groups excluding carboxylic acids is 1. The maximum Gasteiger partial charge on any atom is 0.438 e. The van der Waals surface area contributed by atoms with Crippen LogP contribution in [0.2, 0.25) is 0 Å². The number of ether oxygens (including phenoxy) is 2. The lowest BCUT2D eigenvalue weighted by atomic mass is 10.0. The fourth-order valence-electron chi connectivity index (χ4n) is 2.31. The van der Waals surface area contributed by atoms with E-state index in [9.17, 15) is 23.2 Å². The molecule has 26 heavy (non-hydrogen) atoms. The summed E-state index contributed by atoms with van der Waals surface area (Å²) in [7, 11) is 1.09. The largest absolute Gasteiger partial charge is 0.488 e. The average molecular weight is 369 g/mol. The molecule has 2 rings (SSSR count). The Balaban J connectivity index is 2.33. The molecule has 0 radical (unpaired) electrons. The van der Waals surface area contributed by atoms with Gasteiger partial charge >= 0.3 is 12.3 Å². The van der Waals surface area contributed by atoms with E-state index in [0.717, 1.165) is 13.2 Å². The van der Waals surface area contributed by atoms with E-state index < -0.39 is 17.8 Å². The van der Waals surface area contributed by atoms with Crippen LogP contribution in [0.4, 0.5) is 23.7 Å². The second-order valence-corrected chi connectivity index (χ2v) is 5.63. The van der Waals surface area contributed by atoms with E-state index in [1.54, 1.807) is 26.0 Å². The summed E-state index contributed by atoms with van der Waals surface area (Å²) in [6.45, 7) is 2.99. The Labute approximate surface area is 148 Å². The SMILES string of the molecule is COC(=O)N(O)c1ccccc1COc1cc(C)c(C)cc1C(F)(F)F. The maximum absolute atomic E-state index is 13.3. The van der Waals surface area contributed by atoms with Crippen molar-refractivity contribution >= 4 is 11.8 Å². The first-order valence-corrected chi connectivity index (χ1v) is 7.61. The van der Waals surface area contributed by atoms with Crippen molar-refractivity contribution in [2.45, 2.75) is 26.6 Å². The summed E-state index contributed by atoms with van der Waals surface area (Å²) in [5.74, 6) is -0.321. The van der Waals surface area contributed by atoms with Crippen LogP contribution in [0.3, 0.4) is 0 Å². The predicted molar refractivity (Wildman–Crippen MR) is 88.4 cm³/mol. The molecule has 2 aromatic rings. The minimum atomic E-state index is -4.57. The molecule has 1 N–H and O–H groups in total. The van der Waals surface area contributed by atoms with Crippen LogP contribution < -0.4 is 9.80 Å². The number of methoxy groups -OCH3 is 1. The van der Waals surface area contributed by atoms with Crippen LogP contribution in [-0.4, -0.2) is 18.4 Å². The second-order valence-electron chi connectivity index (χ2n) is 5.63. The molecule has 1 amide bonds. The number of rotatable bonds is 4. The normalized spacial score (nSPS) is 11.2. The lowest BCUT2D eigenvalue weighted by Gasteiger charge is -2.19. The molecule has 0 saturated heterocycles. The van der Waals surface area contributed by atoms with Gasteiger partial charge < -0.3 is 9.47 Å². The van der Waals surface area contributed by atoms with Gasteiger partial charge in [0.1, 0.15) is 12.4 Å². The Morgan fingerprint density at radius 1 is 1.15 bits per heavy atom. The third-order valence-corrected chi connectivity index (χ3v) is 3.85. The Bertz CT molecular complexity index is 806. The lowest BCUT2D eigenvalue weighted by molar-refractivity contribution is -0.139. The first kappa shape index (κ1) is 19.6. The minimum Gasteiger partial charge on any atom is -0.488 e. The Morgan fingerprint density at radius 3 is 2.38 bits per heavy atom. The van der Waals surface area contributed by atoms with Gasteiger partial charge in [0.05, 0.1) is 18.4 Å². The molecule has 5 nitrogen and oxygen atoms in total. The molecule has 0 bridgehead atoms. The quantitative estimate of drug-likeness (QED) is 0.617. The molecular weight excluding hydrogens is 351 g/mol. The van der Waals surface area contributed by atoms with Gasteiger partial charge in [0.2, 0.25) is 0 Å². The first-order valence-electron chi connectivity index (χ1n) is 7.61. The topological polar surface area (TPSA) is 59.0 Å². The molecule has 0 aliphatic heterocycles. The van der Waals surface area contributed by atoms with Crippen LogP contribution >= 0.6 is 0 Å². The van der Waals surface area contributed by atoms with Crippen molar-refractivity contribution in [3.8, 4) is 5.75 Å². The number of hydrogen-bond acceptors (Lipinski definition) is 4. The number of benzene rings is 2. The van der Waals surface area contributed by atoms with Gasteiger partial charge in [0, 0.05) is 5.56 Å². The van der Waals surface area contributed by atoms with Gasteiger partial charge in [-0.2, -0.15) is 18.2 Å². The highest BCUT2D eigenvalue weighted by molar-refractivity contribution is 5.85. The number of hydrogen-bond donors (Lipinski definition) is 1. The lowest BCUT2D eigenvalue weighted by Crippen LogP contribution is -2.27. The van der Waals surface area contributed by atoms with Crippen LogP contribution in [0.25, 0.3) is 0 Å². The highest BCUT2D eigenvalue weighted by Gasteiger charge is 2.35. The number of para-hydroxylation sites is 1. The van der Waals surface area contributed by atoms with Gasteiger partial charge in [-0.25, -0.2) is 4.79 Å². The zero-order valence-corrected chi connectivity index (χ0v) is 14.4. The van der Waals surface area contributed by atoms with Crippen LogP contribution in [0.1, 0.15) is 22.3 Å². The summed E-state index contributed by atoms with van der Waals surface area (Å²) in [5.41, 5.74) is 0.632. The summed E-state index contributed by atoms with van der Waals surface area (Å²) >= 11 is 0. The van der Waals surface area contributed by atoms with Crippen LogP contribution in [0.15, 0.2) is 36.4 Å². The summed E-state index contributed by atoms with van der Waals surface area (Å²) in [6, 6.07) is 8.46. The molecule has 0 aliphatic carbocycles. The fraction of sp³-hybridized carbons (Fsp3) is 0.278. The molecule has 0 aliphatic rings. The average Bonchev–Trinajstić information content (AvgIpc) is 2.60. The van der Waals surface area contributed by atoms with E-state index in [4.69, 9.17) is 4.74 Å².